The van der Waals surface area contributed by atoms with Crippen molar-refractivity contribution >= 4 is 22.4 Å². The first-order chi connectivity index (χ1) is 14.2. The van der Waals surface area contributed by atoms with Crippen molar-refractivity contribution in [2.24, 2.45) is 0 Å². The van der Waals surface area contributed by atoms with E-state index >= 15 is 0 Å². The number of anilines is 1. The van der Waals surface area contributed by atoms with Gasteiger partial charge in [0.25, 0.3) is 0 Å². The number of carbonyl (C=O) groups excluding carboxylic acids is 1. The molecule has 0 bridgehead atoms. The summed E-state index contributed by atoms with van der Waals surface area (Å²) in [6.07, 6.45) is 1.67. The van der Waals surface area contributed by atoms with Crippen LogP contribution in [-0.4, -0.2) is 22.1 Å². The minimum atomic E-state index is 0.0901. The van der Waals surface area contributed by atoms with Crippen LogP contribution in [0.2, 0.25) is 0 Å². The second-order valence-corrected chi connectivity index (χ2v) is 7.48. The summed E-state index contributed by atoms with van der Waals surface area (Å²) >= 11 is 0. The molecule has 0 saturated carbocycles. The third-order valence-electron chi connectivity index (χ3n) is 5.53. The highest BCUT2D eigenvalue weighted by Crippen LogP contribution is 2.32. The molecule has 1 aromatic heterocycles. The maximum Gasteiger partial charge on any atom is 0.227 e. The van der Waals surface area contributed by atoms with E-state index in [0.717, 1.165) is 28.4 Å². The van der Waals surface area contributed by atoms with Gasteiger partial charge >= 0.3 is 0 Å². The van der Waals surface area contributed by atoms with Crippen molar-refractivity contribution in [3.63, 3.8) is 0 Å². The van der Waals surface area contributed by atoms with Crippen LogP contribution >= 0.6 is 0 Å². The van der Waals surface area contributed by atoms with Gasteiger partial charge in [0.1, 0.15) is 0 Å². The Morgan fingerprint density at radius 2 is 1.86 bits per heavy atom. The van der Waals surface area contributed by atoms with Gasteiger partial charge in [-0.2, -0.15) is 4.98 Å². The largest absolute Gasteiger partial charge is 0.339 e. The third-order valence-corrected chi connectivity index (χ3v) is 5.53. The quantitative estimate of drug-likeness (QED) is 0.508. The number of nitrogens with zero attached hydrogens (tertiary/aromatic N) is 3. The van der Waals surface area contributed by atoms with Crippen LogP contribution in [0.3, 0.4) is 0 Å². The normalized spacial score (nSPS) is 15.6. The van der Waals surface area contributed by atoms with Crippen LogP contribution in [0.25, 0.3) is 22.2 Å². The molecular formula is C24H21N3O2. The Hall–Kier alpha value is -3.47. The Morgan fingerprint density at radius 1 is 1.07 bits per heavy atom. The van der Waals surface area contributed by atoms with Gasteiger partial charge in [0.2, 0.25) is 17.6 Å². The van der Waals surface area contributed by atoms with Crippen LogP contribution in [0.1, 0.15) is 24.8 Å². The van der Waals surface area contributed by atoms with Gasteiger partial charge in [-0.3, -0.25) is 4.79 Å². The second-order valence-electron chi connectivity index (χ2n) is 7.48. The maximum atomic E-state index is 12.9. The number of benzene rings is 3. The van der Waals surface area contributed by atoms with E-state index < -0.39 is 0 Å². The van der Waals surface area contributed by atoms with Crippen molar-refractivity contribution < 1.29 is 9.32 Å². The minimum Gasteiger partial charge on any atom is -0.339 e. The molecule has 5 nitrogen and oxygen atoms in total. The first-order valence-corrected chi connectivity index (χ1v) is 9.91. The molecule has 3 aromatic carbocycles. The summed E-state index contributed by atoms with van der Waals surface area (Å²) in [5, 5.41) is 6.37. The number of rotatable bonds is 4. The molecule has 1 aliphatic rings. The summed E-state index contributed by atoms with van der Waals surface area (Å²) in [7, 11) is 0. The van der Waals surface area contributed by atoms with Gasteiger partial charge in [0.05, 0.1) is 0 Å². The summed E-state index contributed by atoms with van der Waals surface area (Å²) in [5.74, 6) is 1.14. The van der Waals surface area contributed by atoms with Crippen molar-refractivity contribution in [1.29, 1.82) is 0 Å². The molecular weight excluding hydrogens is 362 g/mol. The molecule has 0 N–H and O–H groups in total. The minimum absolute atomic E-state index is 0.0901. The van der Waals surface area contributed by atoms with Crippen LogP contribution < -0.4 is 4.90 Å². The Morgan fingerprint density at radius 3 is 2.79 bits per heavy atom. The van der Waals surface area contributed by atoms with Gasteiger partial charge in [-0.05, 0) is 35.7 Å². The zero-order valence-corrected chi connectivity index (χ0v) is 16.2. The van der Waals surface area contributed by atoms with E-state index in [1.807, 2.05) is 47.4 Å². The summed E-state index contributed by atoms with van der Waals surface area (Å²) in [6, 6.07) is 22.5. The molecule has 4 aromatic rings. The monoisotopic (exact) mass is 383 g/mol. The number of hydrogen-bond acceptors (Lipinski definition) is 4. The fourth-order valence-corrected chi connectivity index (χ4v) is 4.17. The Balaban J connectivity index is 1.33. The molecule has 5 rings (SSSR count). The van der Waals surface area contributed by atoms with Crippen LogP contribution in [0.5, 0.6) is 0 Å². The smallest absolute Gasteiger partial charge is 0.227 e. The number of aromatic nitrogens is 2. The molecule has 0 radical (unpaired) electrons. The number of carbonyl (C=O) groups is 1. The molecule has 0 spiro atoms. The molecule has 0 aliphatic carbocycles. The lowest BCUT2D eigenvalue weighted by Crippen LogP contribution is -2.35. The summed E-state index contributed by atoms with van der Waals surface area (Å²) in [4.78, 5) is 19.3. The van der Waals surface area contributed by atoms with E-state index in [2.05, 4.69) is 41.3 Å². The standard InChI is InChI=1S/C24H21N3O2/c1-16-15-18-8-3-5-12-21(18)27(16)23(28)14-13-22-25-24(26-29-22)20-11-6-9-17-7-2-4-10-19(17)20/h2-12,16H,13-15H2,1H3/t16-/m0/s1. The molecule has 1 atom stereocenters. The van der Waals surface area contributed by atoms with Crippen molar-refractivity contribution in [3.8, 4) is 11.4 Å². The van der Waals surface area contributed by atoms with Crippen LogP contribution in [0, 0.1) is 0 Å². The van der Waals surface area contributed by atoms with Crippen molar-refractivity contribution in [2.75, 3.05) is 4.90 Å². The number of fused-ring (bicyclic) bond motifs is 2. The molecule has 144 valence electrons. The van der Waals surface area contributed by atoms with Crippen LogP contribution in [0.15, 0.2) is 71.3 Å². The lowest BCUT2D eigenvalue weighted by Gasteiger charge is -2.22. The average Bonchev–Trinajstić information content (AvgIpc) is 3.35. The van der Waals surface area contributed by atoms with E-state index in [4.69, 9.17) is 4.52 Å². The molecule has 0 fully saturated rings. The van der Waals surface area contributed by atoms with E-state index in [-0.39, 0.29) is 11.9 Å². The lowest BCUT2D eigenvalue weighted by atomic mass is 10.0. The fourth-order valence-electron chi connectivity index (χ4n) is 4.17. The number of para-hydroxylation sites is 1. The van der Waals surface area contributed by atoms with Crippen molar-refractivity contribution in [2.45, 2.75) is 32.2 Å². The zero-order valence-electron chi connectivity index (χ0n) is 16.2. The zero-order chi connectivity index (χ0) is 19.8. The second kappa shape index (κ2) is 7.17. The predicted octanol–water partition coefficient (Wildman–Crippen LogP) is 4.80. The molecule has 5 heteroatoms. The van der Waals surface area contributed by atoms with E-state index in [9.17, 15) is 4.79 Å². The predicted molar refractivity (Wildman–Crippen MR) is 113 cm³/mol. The summed E-state index contributed by atoms with van der Waals surface area (Å²) in [5.41, 5.74) is 3.18. The first-order valence-electron chi connectivity index (χ1n) is 9.91. The molecule has 0 saturated heterocycles. The van der Waals surface area contributed by atoms with Crippen molar-refractivity contribution in [1.82, 2.24) is 10.1 Å². The number of aryl methyl sites for hydroxylation is 1. The van der Waals surface area contributed by atoms with Gasteiger partial charge in [-0.1, -0.05) is 65.8 Å². The Labute approximate surface area is 169 Å². The lowest BCUT2D eigenvalue weighted by molar-refractivity contribution is -0.118. The third kappa shape index (κ3) is 3.18. The number of amides is 1. The molecule has 2 heterocycles. The van der Waals surface area contributed by atoms with Gasteiger partial charge < -0.3 is 9.42 Å². The highest BCUT2D eigenvalue weighted by Gasteiger charge is 2.30. The van der Waals surface area contributed by atoms with E-state index in [1.165, 1.54) is 5.56 Å². The summed E-state index contributed by atoms with van der Waals surface area (Å²) in [6.45, 7) is 2.09. The van der Waals surface area contributed by atoms with Crippen LogP contribution in [-0.2, 0) is 17.6 Å². The van der Waals surface area contributed by atoms with E-state index in [1.54, 1.807) is 0 Å². The maximum absolute atomic E-state index is 12.9. The highest BCUT2D eigenvalue weighted by molar-refractivity contribution is 5.96. The van der Waals surface area contributed by atoms with Gasteiger partial charge in [0, 0.05) is 30.1 Å². The SMILES string of the molecule is C[C@H]1Cc2ccccc2N1C(=O)CCc1nc(-c2cccc3ccccc23)no1. The highest BCUT2D eigenvalue weighted by atomic mass is 16.5. The topological polar surface area (TPSA) is 59.2 Å². The average molecular weight is 383 g/mol. The van der Waals surface area contributed by atoms with Gasteiger partial charge in [0.15, 0.2) is 0 Å². The summed E-state index contributed by atoms with van der Waals surface area (Å²) < 4.78 is 5.45. The van der Waals surface area contributed by atoms with Crippen molar-refractivity contribution in [3.05, 3.63) is 78.2 Å². The fraction of sp³-hybridized carbons (Fsp3) is 0.208. The van der Waals surface area contributed by atoms with Crippen LogP contribution in [0.4, 0.5) is 5.69 Å². The number of hydrogen-bond donors (Lipinski definition) is 0. The van der Waals surface area contributed by atoms with Gasteiger partial charge in [-0.25, -0.2) is 0 Å². The van der Waals surface area contributed by atoms with Gasteiger partial charge in [-0.15, -0.1) is 0 Å². The first kappa shape index (κ1) is 17.6. The molecule has 29 heavy (non-hydrogen) atoms. The molecule has 1 amide bonds. The Bertz CT molecular complexity index is 1190. The molecule has 0 unspecified atom stereocenters. The van der Waals surface area contributed by atoms with E-state index in [0.29, 0.717) is 24.6 Å². The molecule has 1 aliphatic heterocycles. The Kier molecular flexibility index (Phi) is 4.35.